The van der Waals surface area contributed by atoms with Crippen LogP contribution in [-0.4, -0.2) is 26.5 Å². The number of anilines is 1. The Morgan fingerprint density at radius 2 is 2.00 bits per heavy atom. The topological polar surface area (TPSA) is 67.1 Å². The molecule has 1 atom stereocenters. The fraction of sp³-hybridized carbons (Fsp3) is 0.158. The molecule has 7 heteroatoms. The summed E-state index contributed by atoms with van der Waals surface area (Å²) in [7, 11) is 0. The van der Waals surface area contributed by atoms with Crippen LogP contribution in [0.3, 0.4) is 0 Å². The van der Waals surface area contributed by atoms with E-state index in [1.807, 2.05) is 36.4 Å². The van der Waals surface area contributed by atoms with E-state index in [-0.39, 0.29) is 16.9 Å². The number of aromatic hydroxyl groups is 1. The number of halogens is 1. The molecule has 0 saturated heterocycles. The monoisotopic (exact) mass is 385 g/mol. The maximum atomic E-state index is 12.2. The van der Waals surface area contributed by atoms with Gasteiger partial charge in [-0.3, -0.25) is 4.79 Å². The first-order valence-corrected chi connectivity index (χ1v) is 9.54. The predicted molar refractivity (Wildman–Crippen MR) is 104 cm³/mol. The van der Waals surface area contributed by atoms with E-state index in [2.05, 4.69) is 10.4 Å². The maximum Gasteiger partial charge on any atom is 0.235 e. The molecule has 1 amide bonds. The lowest BCUT2D eigenvalue weighted by Crippen LogP contribution is -2.17. The normalized spacial score (nSPS) is 16.7. The maximum absolute atomic E-state index is 12.2. The lowest BCUT2D eigenvalue weighted by molar-refractivity contribution is -0.113. The van der Waals surface area contributed by atoms with Crippen LogP contribution < -0.4 is 5.32 Å². The van der Waals surface area contributed by atoms with Gasteiger partial charge in [-0.2, -0.15) is 5.10 Å². The van der Waals surface area contributed by atoms with E-state index in [1.165, 1.54) is 0 Å². The van der Waals surface area contributed by atoms with Crippen molar-refractivity contribution >= 4 is 35.1 Å². The Bertz CT molecular complexity index is 956. The molecule has 0 bridgehead atoms. The molecule has 5 nitrogen and oxygen atoms in total. The van der Waals surface area contributed by atoms with Crippen molar-refractivity contribution in [1.29, 1.82) is 0 Å². The van der Waals surface area contributed by atoms with Crippen LogP contribution in [0.25, 0.3) is 0 Å². The second-order valence-corrected chi connectivity index (χ2v) is 7.53. The van der Waals surface area contributed by atoms with Gasteiger partial charge in [0.15, 0.2) is 0 Å². The molecule has 0 aliphatic carbocycles. The number of thioether (sulfide) groups is 1. The Kier molecular flexibility index (Phi) is 4.61. The number of aromatic nitrogens is 2. The second kappa shape index (κ2) is 7.05. The molecule has 1 aromatic heterocycles. The van der Waals surface area contributed by atoms with Crippen LogP contribution in [0.15, 0.2) is 54.7 Å². The van der Waals surface area contributed by atoms with Gasteiger partial charge in [0, 0.05) is 10.6 Å². The summed E-state index contributed by atoms with van der Waals surface area (Å²) in [6, 6.07) is 14.7. The zero-order valence-corrected chi connectivity index (χ0v) is 15.3. The lowest BCUT2D eigenvalue weighted by atomic mass is 10.1. The lowest BCUT2D eigenvalue weighted by Gasteiger charge is -2.14. The molecule has 2 aromatic carbocycles. The molecule has 2 heterocycles. The van der Waals surface area contributed by atoms with Crippen molar-refractivity contribution in [2.45, 2.75) is 11.8 Å². The molecule has 132 valence electrons. The van der Waals surface area contributed by atoms with E-state index >= 15 is 0 Å². The van der Waals surface area contributed by atoms with Crippen LogP contribution in [0, 0.1) is 0 Å². The third-order valence-corrected chi connectivity index (χ3v) is 5.92. The second-order valence-electron chi connectivity index (χ2n) is 6.03. The Labute approximate surface area is 160 Å². The fourth-order valence-electron chi connectivity index (χ4n) is 2.98. The summed E-state index contributed by atoms with van der Waals surface area (Å²) in [6.45, 7) is 0.474. The molecular formula is C19H16ClN3O2S. The molecule has 26 heavy (non-hydrogen) atoms. The third kappa shape index (κ3) is 3.30. The number of hydrogen-bond acceptors (Lipinski definition) is 4. The SMILES string of the molecule is O=C1CS[C@@H](c2ccc(O)cc2)c2cnn(Cc3ccccc3Cl)c2N1. The van der Waals surface area contributed by atoms with E-state index < -0.39 is 0 Å². The van der Waals surface area contributed by atoms with Crippen LogP contribution in [0.2, 0.25) is 5.02 Å². The van der Waals surface area contributed by atoms with E-state index in [0.29, 0.717) is 23.1 Å². The minimum Gasteiger partial charge on any atom is -0.508 e. The molecule has 1 aliphatic heterocycles. The van der Waals surface area contributed by atoms with Gasteiger partial charge >= 0.3 is 0 Å². The molecule has 4 rings (SSSR count). The molecule has 2 N–H and O–H groups in total. The number of carbonyl (C=O) groups is 1. The van der Waals surface area contributed by atoms with Gasteiger partial charge < -0.3 is 10.4 Å². The average Bonchev–Trinajstić information content (AvgIpc) is 2.92. The summed E-state index contributed by atoms with van der Waals surface area (Å²) in [4.78, 5) is 12.2. The molecule has 1 aliphatic rings. The van der Waals surface area contributed by atoms with Crippen molar-refractivity contribution in [3.63, 3.8) is 0 Å². The van der Waals surface area contributed by atoms with Crippen LogP contribution in [0.1, 0.15) is 21.9 Å². The summed E-state index contributed by atoms with van der Waals surface area (Å²) in [6.07, 6.45) is 1.79. The first-order valence-electron chi connectivity index (χ1n) is 8.11. The van der Waals surface area contributed by atoms with Crippen molar-refractivity contribution in [3.8, 4) is 5.75 Å². The molecule has 0 fully saturated rings. The molecule has 0 unspecified atom stereocenters. The Balaban J connectivity index is 1.73. The van der Waals surface area contributed by atoms with Crippen molar-refractivity contribution in [1.82, 2.24) is 9.78 Å². The summed E-state index contributed by atoms with van der Waals surface area (Å²) in [5.74, 6) is 1.21. The summed E-state index contributed by atoms with van der Waals surface area (Å²) in [5, 5.41) is 17.6. The van der Waals surface area contributed by atoms with Gasteiger partial charge in [-0.15, -0.1) is 11.8 Å². The van der Waals surface area contributed by atoms with E-state index in [0.717, 1.165) is 16.7 Å². The van der Waals surface area contributed by atoms with Crippen LogP contribution in [-0.2, 0) is 11.3 Å². The Hall–Kier alpha value is -2.44. The number of amides is 1. The Morgan fingerprint density at radius 1 is 1.23 bits per heavy atom. The number of hydrogen-bond donors (Lipinski definition) is 2. The standard InChI is InChI=1S/C19H16ClN3O2S/c20-16-4-2-1-3-13(16)10-23-19-15(9-21-23)18(26-11-17(25)22-19)12-5-7-14(24)8-6-12/h1-9,18,24H,10-11H2,(H,22,25)/t18-/m0/s1. The number of nitrogens with zero attached hydrogens (tertiary/aromatic N) is 2. The van der Waals surface area contributed by atoms with Gasteiger partial charge in [-0.05, 0) is 29.3 Å². The van der Waals surface area contributed by atoms with Crippen LogP contribution >= 0.6 is 23.4 Å². The highest BCUT2D eigenvalue weighted by Crippen LogP contribution is 2.41. The number of nitrogens with one attached hydrogen (secondary N) is 1. The van der Waals surface area contributed by atoms with Crippen molar-refractivity contribution < 1.29 is 9.90 Å². The Morgan fingerprint density at radius 3 is 2.77 bits per heavy atom. The smallest absolute Gasteiger partial charge is 0.235 e. The van der Waals surface area contributed by atoms with Gasteiger partial charge in [0.2, 0.25) is 5.91 Å². The minimum atomic E-state index is -0.0570. The first-order chi connectivity index (χ1) is 12.6. The highest BCUT2D eigenvalue weighted by atomic mass is 35.5. The molecule has 0 saturated carbocycles. The number of phenolic OH excluding ortho intramolecular Hbond substituents is 1. The number of carbonyl (C=O) groups excluding carboxylic acids is 1. The van der Waals surface area contributed by atoms with E-state index in [9.17, 15) is 9.90 Å². The number of benzene rings is 2. The molecular weight excluding hydrogens is 370 g/mol. The van der Waals surface area contributed by atoms with Gasteiger partial charge in [0.1, 0.15) is 11.6 Å². The third-order valence-electron chi connectivity index (χ3n) is 4.26. The largest absolute Gasteiger partial charge is 0.508 e. The quantitative estimate of drug-likeness (QED) is 0.713. The number of fused-ring (bicyclic) bond motifs is 1. The zero-order chi connectivity index (χ0) is 18.1. The van der Waals surface area contributed by atoms with Gasteiger partial charge in [-0.1, -0.05) is 41.9 Å². The molecule has 0 radical (unpaired) electrons. The highest BCUT2D eigenvalue weighted by molar-refractivity contribution is 8.00. The summed E-state index contributed by atoms with van der Waals surface area (Å²) < 4.78 is 1.77. The fourth-order valence-corrected chi connectivity index (χ4v) is 4.27. The van der Waals surface area contributed by atoms with Gasteiger partial charge in [0.05, 0.1) is 23.7 Å². The van der Waals surface area contributed by atoms with Crippen molar-refractivity contribution in [2.24, 2.45) is 0 Å². The van der Waals surface area contributed by atoms with Crippen LogP contribution in [0.5, 0.6) is 5.75 Å². The summed E-state index contributed by atoms with van der Waals surface area (Å²) in [5.41, 5.74) is 2.90. The van der Waals surface area contributed by atoms with Crippen LogP contribution in [0.4, 0.5) is 5.82 Å². The van der Waals surface area contributed by atoms with E-state index in [1.54, 1.807) is 34.8 Å². The minimum absolute atomic E-state index is 0.0375. The molecule has 3 aromatic rings. The van der Waals surface area contributed by atoms with Gasteiger partial charge in [0.25, 0.3) is 0 Å². The zero-order valence-electron chi connectivity index (χ0n) is 13.7. The first kappa shape index (κ1) is 17.0. The predicted octanol–water partition coefficient (Wildman–Crippen LogP) is 4.07. The highest BCUT2D eigenvalue weighted by Gasteiger charge is 2.27. The average molecular weight is 386 g/mol. The van der Waals surface area contributed by atoms with E-state index in [4.69, 9.17) is 11.6 Å². The van der Waals surface area contributed by atoms with Gasteiger partial charge in [-0.25, -0.2) is 4.68 Å². The number of rotatable bonds is 3. The van der Waals surface area contributed by atoms with Crippen molar-refractivity contribution in [3.05, 3.63) is 76.4 Å². The number of phenols is 1. The summed E-state index contributed by atoms with van der Waals surface area (Å²) >= 11 is 7.81. The molecule has 0 spiro atoms. The van der Waals surface area contributed by atoms with Crippen molar-refractivity contribution in [2.75, 3.05) is 11.1 Å².